The highest BCUT2D eigenvalue weighted by molar-refractivity contribution is 5.49. The first-order valence-corrected chi connectivity index (χ1v) is 8.82. The van der Waals surface area contributed by atoms with Crippen LogP contribution in [-0.4, -0.2) is 0 Å². The number of benzene rings is 3. The molecule has 0 saturated carbocycles. The fourth-order valence-corrected chi connectivity index (χ4v) is 2.57. The summed E-state index contributed by atoms with van der Waals surface area (Å²) in [4.78, 5) is 0. The van der Waals surface area contributed by atoms with Crippen molar-refractivity contribution in [3.05, 3.63) is 114 Å². The summed E-state index contributed by atoms with van der Waals surface area (Å²) < 4.78 is 6.08. The van der Waals surface area contributed by atoms with Crippen molar-refractivity contribution in [1.82, 2.24) is 0 Å². The van der Waals surface area contributed by atoms with Crippen LogP contribution in [0.3, 0.4) is 0 Å². The van der Waals surface area contributed by atoms with Crippen LogP contribution >= 0.6 is 0 Å². The molecule has 0 aliphatic carbocycles. The van der Waals surface area contributed by atoms with Gasteiger partial charge in [-0.3, -0.25) is 0 Å². The maximum atomic E-state index is 6.08. The summed E-state index contributed by atoms with van der Waals surface area (Å²) in [6.07, 6.45) is 4.66. The molecule has 128 valence electrons. The van der Waals surface area contributed by atoms with Crippen molar-refractivity contribution in [3.8, 4) is 11.8 Å². The second-order valence-electron chi connectivity index (χ2n) is 5.93. The van der Waals surface area contributed by atoms with Gasteiger partial charge in [-0.15, -0.1) is 0 Å². The van der Waals surface area contributed by atoms with Gasteiger partial charge in [-0.25, -0.2) is 0 Å². The molecule has 0 saturated heterocycles. The molecular weight excluding hydrogens is 316 g/mol. The van der Waals surface area contributed by atoms with Gasteiger partial charge < -0.3 is 4.74 Å². The summed E-state index contributed by atoms with van der Waals surface area (Å²) in [5.41, 5.74) is 3.43. The Bertz CT molecular complexity index is 856. The summed E-state index contributed by atoms with van der Waals surface area (Å²) in [5.74, 6) is 6.50. The molecule has 1 atom stereocenters. The van der Waals surface area contributed by atoms with Crippen molar-refractivity contribution < 1.29 is 4.74 Å². The molecule has 0 aromatic heterocycles. The molecule has 3 aromatic carbocycles. The Morgan fingerprint density at radius 1 is 0.769 bits per heavy atom. The molecular formula is C25H22O. The number of hydrogen-bond donors (Lipinski definition) is 0. The van der Waals surface area contributed by atoms with E-state index in [1.54, 1.807) is 0 Å². The SMILES string of the molecule is C(#CC(OCc1ccccc1)c1ccccc1)C/C=C/c1ccccc1. The quantitative estimate of drug-likeness (QED) is 0.497. The number of rotatable bonds is 6. The molecule has 26 heavy (non-hydrogen) atoms. The topological polar surface area (TPSA) is 9.23 Å². The van der Waals surface area contributed by atoms with Gasteiger partial charge in [0.15, 0.2) is 0 Å². The standard InChI is InChI=1S/C25H22O/c1-5-13-22(14-6-1)15-7-3-12-20-25(24-18-10-4-11-19-24)26-21-23-16-8-2-9-17-23/h1-2,4-11,13-19,25H,3,21H2/b15-7+. The highest BCUT2D eigenvalue weighted by Crippen LogP contribution is 2.18. The molecule has 1 nitrogen and oxygen atoms in total. The van der Waals surface area contributed by atoms with Crippen LogP contribution in [0.2, 0.25) is 0 Å². The summed E-state index contributed by atoms with van der Waals surface area (Å²) >= 11 is 0. The summed E-state index contributed by atoms with van der Waals surface area (Å²) in [6, 6.07) is 30.6. The van der Waals surface area contributed by atoms with Gasteiger partial charge in [0.2, 0.25) is 0 Å². The lowest BCUT2D eigenvalue weighted by molar-refractivity contribution is 0.0781. The monoisotopic (exact) mass is 338 g/mol. The van der Waals surface area contributed by atoms with Crippen LogP contribution in [0.1, 0.15) is 29.2 Å². The van der Waals surface area contributed by atoms with E-state index in [0.29, 0.717) is 13.0 Å². The van der Waals surface area contributed by atoms with Crippen LogP contribution in [0.25, 0.3) is 6.08 Å². The van der Waals surface area contributed by atoms with Gasteiger partial charge in [-0.1, -0.05) is 115 Å². The van der Waals surface area contributed by atoms with E-state index in [4.69, 9.17) is 4.74 Å². The van der Waals surface area contributed by atoms with Crippen molar-refractivity contribution >= 4 is 6.08 Å². The van der Waals surface area contributed by atoms with Gasteiger partial charge in [-0.2, -0.15) is 0 Å². The third-order valence-corrected chi connectivity index (χ3v) is 3.92. The molecule has 1 unspecified atom stereocenters. The number of allylic oxidation sites excluding steroid dienone is 1. The normalized spacial score (nSPS) is 11.7. The van der Waals surface area contributed by atoms with Gasteiger partial charge in [0, 0.05) is 6.42 Å². The van der Waals surface area contributed by atoms with E-state index >= 15 is 0 Å². The Labute approximate surface area is 156 Å². The maximum absolute atomic E-state index is 6.08. The average Bonchev–Trinajstić information content (AvgIpc) is 2.72. The minimum absolute atomic E-state index is 0.221. The fourth-order valence-electron chi connectivity index (χ4n) is 2.57. The number of hydrogen-bond acceptors (Lipinski definition) is 1. The molecule has 0 aliphatic heterocycles. The predicted molar refractivity (Wildman–Crippen MR) is 108 cm³/mol. The largest absolute Gasteiger partial charge is 0.356 e. The first-order valence-electron chi connectivity index (χ1n) is 8.82. The van der Waals surface area contributed by atoms with Crippen LogP contribution in [0.15, 0.2) is 97.1 Å². The van der Waals surface area contributed by atoms with Gasteiger partial charge >= 0.3 is 0 Å². The molecule has 0 fully saturated rings. The van der Waals surface area contributed by atoms with Crippen molar-refractivity contribution in [3.63, 3.8) is 0 Å². The van der Waals surface area contributed by atoms with E-state index in [2.05, 4.69) is 60.4 Å². The van der Waals surface area contributed by atoms with E-state index in [9.17, 15) is 0 Å². The van der Waals surface area contributed by atoms with E-state index in [1.807, 2.05) is 54.6 Å². The third-order valence-electron chi connectivity index (χ3n) is 3.92. The molecule has 0 radical (unpaired) electrons. The molecule has 0 aliphatic rings. The Hall–Kier alpha value is -3.08. The minimum Gasteiger partial charge on any atom is -0.356 e. The highest BCUT2D eigenvalue weighted by Gasteiger charge is 2.08. The van der Waals surface area contributed by atoms with Crippen LogP contribution in [0, 0.1) is 11.8 Å². The Kier molecular flexibility index (Phi) is 6.84. The van der Waals surface area contributed by atoms with Crippen LogP contribution < -0.4 is 0 Å². The molecule has 0 spiro atoms. The van der Waals surface area contributed by atoms with E-state index < -0.39 is 0 Å². The smallest absolute Gasteiger partial charge is 0.143 e. The van der Waals surface area contributed by atoms with Crippen molar-refractivity contribution in [2.75, 3.05) is 0 Å². The lowest BCUT2D eigenvalue weighted by atomic mass is 10.1. The second-order valence-corrected chi connectivity index (χ2v) is 5.93. The van der Waals surface area contributed by atoms with Gasteiger partial charge in [0.05, 0.1) is 6.61 Å². The second kappa shape index (κ2) is 10.0. The fraction of sp³-hybridized carbons (Fsp3) is 0.120. The summed E-state index contributed by atoms with van der Waals surface area (Å²) in [6.45, 7) is 0.551. The predicted octanol–water partition coefficient (Wildman–Crippen LogP) is 6.05. The third kappa shape index (κ3) is 5.77. The first kappa shape index (κ1) is 17.7. The Balaban J connectivity index is 1.63. The highest BCUT2D eigenvalue weighted by atomic mass is 16.5. The van der Waals surface area contributed by atoms with Crippen LogP contribution in [0.5, 0.6) is 0 Å². The van der Waals surface area contributed by atoms with Crippen molar-refractivity contribution in [2.45, 2.75) is 19.1 Å². The van der Waals surface area contributed by atoms with E-state index in [1.165, 1.54) is 5.56 Å². The zero-order valence-electron chi connectivity index (χ0n) is 14.7. The van der Waals surface area contributed by atoms with Gasteiger partial charge in [0.25, 0.3) is 0 Å². The molecule has 3 aromatic rings. The van der Waals surface area contributed by atoms with Crippen LogP contribution in [-0.2, 0) is 11.3 Å². The molecule has 0 N–H and O–H groups in total. The molecule has 1 heteroatoms. The van der Waals surface area contributed by atoms with Gasteiger partial charge in [0.1, 0.15) is 6.10 Å². The first-order chi connectivity index (χ1) is 12.9. The van der Waals surface area contributed by atoms with Crippen LogP contribution in [0.4, 0.5) is 0 Å². The average molecular weight is 338 g/mol. The van der Waals surface area contributed by atoms with Crippen molar-refractivity contribution in [2.24, 2.45) is 0 Å². The molecule has 0 heterocycles. The zero-order chi connectivity index (χ0) is 17.9. The minimum atomic E-state index is -0.221. The number of ether oxygens (including phenoxy) is 1. The summed E-state index contributed by atoms with van der Waals surface area (Å²) in [5, 5.41) is 0. The Morgan fingerprint density at radius 2 is 1.38 bits per heavy atom. The van der Waals surface area contributed by atoms with Gasteiger partial charge in [-0.05, 0) is 16.7 Å². The maximum Gasteiger partial charge on any atom is 0.143 e. The lowest BCUT2D eigenvalue weighted by Crippen LogP contribution is -2.02. The molecule has 3 rings (SSSR count). The van der Waals surface area contributed by atoms with Crippen molar-refractivity contribution in [1.29, 1.82) is 0 Å². The summed E-state index contributed by atoms with van der Waals surface area (Å²) in [7, 11) is 0. The van der Waals surface area contributed by atoms with E-state index in [-0.39, 0.29) is 6.10 Å². The van der Waals surface area contributed by atoms with E-state index in [0.717, 1.165) is 11.1 Å². The zero-order valence-corrected chi connectivity index (χ0v) is 14.7. The molecule has 0 amide bonds. The Morgan fingerprint density at radius 3 is 2.08 bits per heavy atom. The molecule has 0 bridgehead atoms. The lowest BCUT2D eigenvalue weighted by Gasteiger charge is -2.12.